The predicted octanol–water partition coefficient (Wildman–Crippen LogP) is 3.03. The monoisotopic (exact) mass is 464 g/mol. The van der Waals surface area contributed by atoms with Gasteiger partial charge < -0.3 is 24.7 Å². The van der Waals surface area contributed by atoms with E-state index in [1.807, 2.05) is 47.2 Å². The van der Waals surface area contributed by atoms with Gasteiger partial charge in [0.05, 0.1) is 18.1 Å². The van der Waals surface area contributed by atoms with Crippen LogP contribution in [0.2, 0.25) is 0 Å². The minimum atomic E-state index is -0.644. The number of carbonyl (C=O) groups is 1. The predicted molar refractivity (Wildman–Crippen MR) is 123 cm³/mol. The number of fused-ring (bicyclic) bond motifs is 1. The third-order valence-corrected chi connectivity index (χ3v) is 4.87. The van der Waals surface area contributed by atoms with Crippen molar-refractivity contribution in [2.24, 2.45) is 5.73 Å². The first-order valence-electron chi connectivity index (χ1n) is 9.52. The van der Waals surface area contributed by atoms with Crippen molar-refractivity contribution in [2.75, 3.05) is 13.8 Å². The summed E-state index contributed by atoms with van der Waals surface area (Å²) >= 11 is 0. The maximum Gasteiger partial charge on any atom is 0.239 e. The number of halogens is 2. The van der Waals surface area contributed by atoms with E-state index in [1.54, 1.807) is 18.3 Å². The van der Waals surface area contributed by atoms with Crippen LogP contribution >= 0.6 is 24.8 Å². The summed E-state index contributed by atoms with van der Waals surface area (Å²) in [6.45, 7) is 1.42. The van der Waals surface area contributed by atoms with Gasteiger partial charge in [-0.2, -0.15) is 0 Å². The lowest BCUT2D eigenvalue weighted by Crippen LogP contribution is -2.42. The standard InChI is InChI=1S/C22H24N4O3.2ClH/c1-25(11-17-7-8-20-21(9-17)29-15-28-20)22(27)19(23)10-18-13-26(14-24-18)12-16-5-3-2-4-6-16;;/h2-9,13-14,19H,10-12,15,23H2,1H3;2*1H/t19-;;/m0../s1. The lowest BCUT2D eigenvalue weighted by molar-refractivity contribution is -0.131. The van der Waals surface area contributed by atoms with E-state index in [9.17, 15) is 4.79 Å². The van der Waals surface area contributed by atoms with Crippen molar-refractivity contribution in [3.63, 3.8) is 0 Å². The second kappa shape index (κ2) is 11.0. The van der Waals surface area contributed by atoms with Crippen LogP contribution in [0.4, 0.5) is 0 Å². The molecule has 9 heteroatoms. The third-order valence-electron chi connectivity index (χ3n) is 4.87. The normalized spacial score (nSPS) is 12.5. The Bertz CT molecular complexity index is 997. The van der Waals surface area contributed by atoms with Gasteiger partial charge in [-0.25, -0.2) is 4.98 Å². The SMILES string of the molecule is CN(Cc1ccc2c(c1)OCO2)C(=O)[C@@H](N)Cc1cn(Cc2ccccc2)cn1.Cl.Cl. The first-order valence-corrected chi connectivity index (χ1v) is 9.52. The number of ether oxygens (including phenoxy) is 2. The van der Waals surface area contributed by atoms with Gasteiger partial charge in [0.2, 0.25) is 12.7 Å². The molecule has 3 aromatic rings. The average Bonchev–Trinajstić information content (AvgIpc) is 3.37. The maximum atomic E-state index is 12.7. The summed E-state index contributed by atoms with van der Waals surface area (Å²) in [6.07, 6.45) is 4.11. The van der Waals surface area contributed by atoms with E-state index in [-0.39, 0.29) is 37.5 Å². The van der Waals surface area contributed by atoms with E-state index in [4.69, 9.17) is 15.2 Å². The summed E-state index contributed by atoms with van der Waals surface area (Å²) in [5.41, 5.74) is 9.13. The molecule has 2 heterocycles. The van der Waals surface area contributed by atoms with Gasteiger partial charge in [0.1, 0.15) is 0 Å². The zero-order valence-corrected chi connectivity index (χ0v) is 18.8. The summed E-state index contributed by atoms with van der Waals surface area (Å²) in [4.78, 5) is 18.7. The van der Waals surface area contributed by atoms with Crippen LogP contribution < -0.4 is 15.2 Å². The largest absolute Gasteiger partial charge is 0.454 e. The molecule has 166 valence electrons. The van der Waals surface area contributed by atoms with E-state index in [0.29, 0.717) is 18.7 Å². The van der Waals surface area contributed by atoms with Gasteiger partial charge in [-0.3, -0.25) is 4.79 Å². The average molecular weight is 465 g/mol. The van der Waals surface area contributed by atoms with Gasteiger partial charge in [0, 0.05) is 32.8 Å². The van der Waals surface area contributed by atoms with Crippen LogP contribution in [0.3, 0.4) is 0 Å². The molecule has 2 N–H and O–H groups in total. The Kier molecular flexibility index (Phi) is 8.74. The summed E-state index contributed by atoms with van der Waals surface area (Å²) in [5, 5.41) is 0. The number of hydrogen-bond donors (Lipinski definition) is 1. The molecular formula is C22H26Cl2N4O3. The Morgan fingerprint density at radius 1 is 1.13 bits per heavy atom. The quantitative estimate of drug-likeness (QED) is 0.580. The number of hydrogen-bond acceptors (Lipinski definition) is 5. The van der Waals surface area contributed by atoms with Crippen molar-refractivity contribution in [3.05, 3.63) is 77.9 Å². The molecule has 1 atom stereocenters. The summed E-state index contributed by atoms with van der Waals surface area (Å²) in [6, 6.07) is 15.2. The fourth-order valence-corrected chi connectivity index (χ4v) is 3.38. The second-order valence-electron chi connectivity index (χ2n) is 7.22. The summed E-state index contributed by atoms with van der Waals surface area (Å²) in [7, 11) is 1.75. The summed E-state index contributed by atoms with van der Waals surface area (Å²) in [5.74, 6) is 1.31. The number of carbonyl (C=O) groups excluding carboxylic acids is 1. The highest BCUT2D eigenvalue weighted by Gasteiger charge is 2.21. The number of likely N-dealkylation sites (N-methyl/N-ethyl adjacent to an activating group) is 1. The maximum absolute atomic E-state index is 12.7. The zero-order chi connectivity index (χ0) is 20.2. The number of benzene rings is 2. The van der Waals surface area contributed by atoms with Crippen molar-refractivity contribution in [1.82, 2.24) is 14.5 Å². The first-order chi connectivity index (χ1) is 14.1. The van der Waals surface area contributed by atoms with E-state index in [1.165, 1.54) is 5.56 Å². The molecule has 1 amide bonds. The van der Waals surface area contributed by atoms with Gasteiger partial charge in [-0.1, -0.05) is 36.4 Å². The smallest absolute Gasteiger partial charge is 0.239 e. The molecule has 4 rings (SSSR count). The third kappa shape index (κ3) is 6.13. The molecule has 0 saturated heterocycles. The second-order valence-corrected chi connectivity index (χ2v) is 7.22. The number of aromatic nitrogens is 2. The minimum Gasteiger partial charge on any atom is -0.454 e. The molecule has 0 spiro atoms. The number of imidazole rings is 1. The molecule has 0 unspecified atom stereocenters. The highest BCUT2D eigenvalue weighted by Crippen LogP contribution is 2.32. The van der Waals surface area contributed by atoms with E-state index in [0.717, 1.165) is 23.6 Å². The van der Waals surface area contributed by atoms with Crippen molar-refractivity contribution in [3.8, 4) is 11.5 Å². The minimum absolute atomic E-state index is 0. The highest BCUT2D eigenvalue weighted by atomic mass is 35.5. The molecule has 0 saturated carbocycles. The van der Waals surface area contributed by atoms with E-state index in [2.05, 4.69) is 17.1 Å². The van der Waals surface area contributed by atoms with Gasteiger partial charge in [0.25, 0.3) is 0 Å². The van der Waals surface area contributed by atoms with Crippen molar-refractivity contribution >= 4 is 30.7 Å². The first kappa shape index (κ1) is 24.5. The number of amides is 1. The molecule has 1 aliphatic rings. The molecule has 1 aromatic heterocycles. The lowest BCUT2D eigenvalue weighted by Gasteiger charge is -2.21. The molecule has 31 heavy (non-hydrogen) atoms. The number of nitrogens with zero attached hydrogens (tertiary/aromatic N) is 3. The Balaban J connectivity index is 0.00000171. The Morgan fingerprint density at radius 3 is 2.65 bits per heavy atom. The van der Waals surface area contributed by atoms with Crippen LogP contribution in [0.25, 0.3) is 0 Å². The van der Waals surface area contributed by atoms with Crippen molar-refractivity contribution in [2.45, 2.75) is 25.6 Å². The molecular weight excluding hydrogens is 439 g/mol. The van der Waals surface area contributed by atoms with Gasteiger partial charge in [0.15, 0.2) is 11.5 Å². The Morgan fingerprint density at radius 2 is 1.87 bits per heavy atom. The topological polar surface area (TPSA) is 82.6 Å². The molecule has 1 aliphatic heterocycles. The van der Waals surface area contributed by atoms with Crippen LogP contribution in [0.15, 0.2) is 61.1 Å². The molecule has 0 aliphatic carbocycles. The van der Waals surface area contributed by atoms with Gasteiger partial charge in [-0.05, 0) is 23.3 Å². The van der Waals surface area contributed by atoms with Crippen LogP contribution in [-0.2, 0) is 24.3 Å². The Hall–Kier alpha value is -2.74. The van der Waals surface area contributed by atoms with E-state index < -0.39 is 6.04 Å². The lowest BCUT2D eigenvalue weighted by atomic mass is 10.1. The van der Waals surface area contributed by atoms with Crippen LogP contribution in [-0.4, -0.2) is 40.2 Å². The zero-order valence-electron chi connectivity index (χ0n) is 17.1. The fraction of sp³-hybridized carbons (Fsp3) is 0.273. The van der Waals surface area contributed by atoms with Crippen LogP contribution in [0, 0.1) is 0 Å². The van der Waals surface area contributed by atoms with Crippen molar-refractivity contribution < 1.29 is 14.3 Å². The molecule has 0 radical (unpaired) electrons. The van der Waals surface area contributed by atoms with Gasteiger partial charge >= 0.3 is 0 Å². The molecule has 0 fully saturated rings. The summed E-state index contributed by atoms with van der Waals surface area (Å²) < 4.78 is 12.7. The van der Waals surface area contributed by atoms with Crippen LogP contribution in [0.1, 0.15) is 16.8 Å². The van der Waals surface area contributed by atoms with E-state index >= 15 is 0 Å². The fourth-order valence-electron chi connectivity index (χ4n) is 3.38. The van der Waals surface area contributed by atoms with Crippen LogP contribution in [0.5, 0.6) is 11.5 Å². The number of nitrogens with two attached hydrogens (primary N) is 1. The number of rotatable bonds is 7. The molecule has 2 aromatic carbocycles. The van der Waals surface area contributed by atoms with Crippen molar-refractivity contribution in [1.29, 1.82) is 0 Å². The molecule has 7 nitrogen and oxygen atoms in total. The highest BCUT2D eigenvalue weighted by molar-refractivity contribution is 5.85. The Labute approximate surface area is 194 Å². The van der Waals surface area contributed by atoms with Gasteiger partial charge in [-0.15, -0.1) is 24.8 Å². The molecule has 0 bridgehead atoms.